The van der Waals surface area contributed by atoms with Crippen molar-refractivity contribution in [2.75, 3.05) is 12.5 Å². The summed E-state index contributed by atoms with van der Waals surface area (Å²) in [5, 5.41) is 7.27. The van der Waals surface area contributed by atoms with Crippen LogP contribution in [0.1, 0.15) is 35.2 Å². The minimum absolute atomic E-state index is 0.0694. The van der Waals surface area contributed by atoms with E-state index in [0.29, 0.717) is 12.2 Å². The number of carbonyl (C=O) groups excluding carboxylic acids is 1. The summed E-state index contributed by atoms with van der Waals surface area (Å²) in [6, 6.07) is 7.46. The monoisotopic (exact) mass is 435 g/mol. The lowest BCUT2D eigenvalue weighted by molar-refractivity contribution is 0.0271. The van der Waals surface area contributed by atoms with E-state index >= 15 is 0 Å². The van der Waals surface area contributed by atoms with Gasteiger partial charge in [-0.25, -0.2) is 4.98 Å². The molecule has 0 radical (unpaired) electrons. The average Bonchev–Trinajstić information content (AvgIpc) is 3.53. The molecule has 9 nitrogen and oxygen atoms in total. The van der Waals surface area contributed by atoms with Gasteiger partial charge in [0.15, 0.2) is 11.5 Å². The quantitative estimate of drug-likeness (QED) is 0.612. The van der Waals surface area contributed by atoms with Crippen molar-refractivity contribution in [2.24, 2.45) is 7.05 Å². The van der Waals surface area contributed by atoms with Crippen LogP contribution in [0.25, 0.3) is 11.1 Å². The Morgan fingerprint density at radius 2 is 2.09 bits per heavy atom. The second kappa shape index (κ2) is 8.51. The summed E-state index contributed by atoms with van der Waals surface area (Å²) in [6.07, 6.45) is 7.90. The second-order valence-electron chi connectivity index (χ2n) is 8.11. The summed E-state index contributed by atoms with van der Waals surface area (Å²) in [5.74, 6) is 1.44. The summed E-state index contributed by atoms with van der Waals surface area (Å²) in [5.41, 5.74) is 9.04. The van der Waals surface area contributed by atoms with Gasteiger partial charge in [-0.05, 0) is 43.0 Å². The fourth-order valence-corrected chi connectivity index (χ4v) is 4.16. The van der Waals surface area contributed by atoms with E-state index in [4.69, 9.17) is 19.9 Å². The molecule has 0 spiro atoms. The van der Waals surface area contributed by atoms with E-state index in [2.05, 4.69) is 15.4 Å². The molecule has 2 aliphatic rings. The number of aryl methyl sites for hydroxylation is 1. The van der Waals surface area contributed by atoms with Crippen molar-refractivity contribution in [3.8, 4) is 22.6 Å². The first-order valence-electron chi connectivity index (χ1n) is 10.6. The van der Waals surface area contributed by atoms with Crippen molar-refractivity contribution < 1.29 is 19.0 Å². The molecule has 2 aromatic heterocycles. The lowest BCUT2D eigenvalue weighted by atomic mass is 10.1. The Bertz CT molecular complexity index is 1150. The van der Waals surface area contributed by atoms with Gasteiger partial charge in [-0.1, -0.05) is 6.07 Å². The Hall–Kier alpha value is -3.59. The zero-order valence-corrected chi connectivity index (χ0v) is 17.8. The Morgan fingerprint density at radius 3 is 2.94 bits per heavy atom. The van der Waals surface area contributed by atoms with Crippen LogP contribution in [0.15, 0.2) is 42.9 Å². The second-order valence-corrected chi connectivity index (χ2v) is 8.11. The first-order valence-corrected chi connectivity index (χ1v) is 10.6. The number of nitrogens with zero attached hydrogens (tertiary/aromatic N) is 3. The fraction of sp³-hybridized carbons (Fsp3) is 0.348. The number of benzene rings is 1. The summed E-state index contributed by atoms with van der Waals surface area (Å²) in [6.45, 7) is 0.685. The molecular formula is C23H25N5O4. The number of pyridine rings is 1. The predicted octanol–water partition coefficient (Wildman–Crippen LogP) is 2.66. The van der Waals surface area contributed by atoms with Crippen LogP contribution in [-0.2, 0) is 18.4 Å². The van der Waals surface area contributed by atoms with Gasteiger partial charge in [0.25, 0.3) is 5.91 Å². The average molecular weight is 435 g/mol. The van der Waals surface area contributed by atoms with Gasteiger partial charge in [0.2, 0.25) is 6.79 Å². The van der Waals surface area contributed by atoms with Gasteiger partial charge in [0.1, 0.15) is 5.82 Å². The Kier molecular flexibility index (Phi) is 5.40. The summed E-state index contributed by atoms with van der Waals surface area (Å²) in [4.78, 5) is 17.2. The topological polar surface area (TPSA) is 114 Å². The van der Waals surface area contributed by atoms with E-state index in [1.165, 1.54) is 0 Å². The predicted molar refractivity (Wildman–Crippen MR) is 117 cm³/mol. The van der Waals surface area contributed by atoms with Crippen LogP contribution in [0, 0.1) is 0 Å². The molecule has 1 fully saturated rings. The van der Waals surface area contributed by atoms with Gasteiger partial charge >= 0.3 is 0 Å². The number of fused-ring (bicyclic) bond motifs is 1. The number of hydrogen-bond donors (Lipinski definition) is 2. The first-order chi connectivity index (χ1) is 15.6. The minimum atomic E-state index is -0.246. The van der Waals surface area contributed by atoms with Crippen molar-refractivity contribution in [1.82, 2.24) is 20.1 Å². The van der Waals surface area contributed by atoms with Crippen molar-refractivity contribution in [3.05, 3.63) is 54.0 Å². The molecule has 0 unspecified atom stereocenters. The number of aromatic nitrogens is 3. The molecule has 3 heterocycles. The SMILES string of the molecule is Cn1cc(-c2cnc(N)c(C(=O)N[C@H]3CCC[C@@H]3OCc3ccc4c(c3)OCO4)c2)cn1. The number of amides is 1. The summed E-state index contributed by atoms with van der Waals surface area (Å²) in [7, 11) is 1.84. The van der Waals surface area contributed by atoms with Crippen molar-refractivity contribution in [3.63, 3.8) is 0 Å². The van der Waals surface area contributed by atoms with Crippen LogP contribution in [0.4, 0.5) is 5.82 Å². The molecule has 1 amide bonds. The van der Waals surface area contributed by atoms with Crippen LogP contribution in [0.3, 0.4) is 0 Å². The number of carbonyl (C=O) groups is 1. The number of nitrogens with one attached hydrogen (secondary N) is 1. The number of anilines is 1. The Balaban J connectivity index is 1.24. The third-order valence-electron chi connectivity index (χ3n) is 5.87. The van der Waals surface area contributed by atoms with Crippen LogP contribution in [-0.4, -0.2) is 39.6 Å². The van der Waals surface area contributed by atoms with Gasteiger partial charge in [-0.15, -0.1) is 0 Å². The van der Waals surface area contributed by atoms with E-state index in [-0.39, 0.29) is 30.7 Å². The van der Waals surface area contributed by atoms with E-state index in [1.54, 1.807) is 23.1 Å². The highest BCUT2D eigenvalue weighted by atomic mass is 16.7. The Morgan fingerprint density at radius 1 is 1.22 bits per heavy atom. The highest BCUT2D eigenvalue weighted by Gasteiger charge is 2.30. The van der Waals surface area contributed by atoms with Crippen molar-refractivity contribution in [1.29, 1.82) is 0 Å². The van der Waals surface area contributed by atoms with Gasteiger partial charge in [0, 0.05) is 30.6 Å². The van der Waals surface area contributed by atoms with E-state index in [1.807, 2.05) is 31.4 Å². The molecular weight excluding hydrogens is 410 g/mol. The van der Waals surface area contributed by atoms with Gasteiger partial charge < -0.3 is 25.3 Å². The molecule has 1 saturated carbocycles. The number of nitrogens with two attached hydrogens (primary N) is 1. The zero-order chi connectivity index (χ0) is 22.1. The van der Waals surface area contributed by atoms with Crippen LogP contribution >= 0.6 is 0 Å². The lowest BCUT2D eigenvalue weighted by Gasteiger charge is -2.22. The molecule has 1 aliphatic heterocycles. The van der Waals surface area contributed by atoms with Gasteiger partial charge in [0.05, 0.1) is 30.5 Å². The van der Waals surface area contributed by atoms with Crippen LogP contribution in [0.2, 0.25) is 0 Å². The number of ether oxygens (including phenoxy) is 3. The van der Waals surface area contributed by atoms with Crippen LogP contribution in [0.5, 0.6) is 11.5 Å². The molecule has 9 heteroatoms. The number of rotatable bonds is 6. The maximum absolute atomic E-state index is 13.0. The van der Waals surface area contributed by atoms with E-state index < -0.39 is 0 Å². The third kappa shape index (κ3) is 4.11. The third-order valence-corrected chi connectivity index (χ3v) is 5.87. The largest absolute Gasteiger partial charge is 0.454 e. The Labute approximate surface area is 185 Å². The molecule has 0 bridgehead atoms. The highest BCUT2D eigenvalue weighted by Crippen LogP contribution is 2.33. The zero-order valence-electron chi connectivity index (χ0n) is 17.8. The molecule has 32 heavy (non-hydrogen) atoms. The van der Waals surface area contributed by atoms with Crippen LogP contribution < -0.4 is 20.5 Å². The normalized spacial score (nSPS) is 19.3. The number of hydrogen-bond acceptors (Lipinski definition) is 7. The standard InChI is InChI=1S/C23H25N5O4/c1-28-11-16(10-26-28)15-8-17(22(24)25-9-15)23(29)27-18-3-2-4-19(18)30-12-14-5-6-20-21(7-14)32-13-31-20/h5-11,18-19H,2-4,12-13H2,1H3,(H2,24,25)(H,27,29)/t18-,19-/m0/s1. The maximum atomic E-state index is 13.0. The minimum Gasteiger partial charge on any atom is -0.454 e. The van der Waals surface area contributed by atoms with Crippen molar-refractivity contribution >= 4 is 11.7 Å². The molecule has 1 aliphatic carbocycles. The lowest BCUT2D eigenvalue weighted by Crippen LogP contribution is -2.41. The summed E-state index contributed by atoms with van der Waals surface area (Å²) >= 11 is 0. The molecule has 2 atom stereocenters. The number of nitrogen functional groups attached to an aromatic ring is 1. The fourth-order valence-electron chi connectivity index (χ4n) is 4.16. The summed E-state index contributed by atoms with van der Waals surface area (Å²) < 4.78 is 18.6. The molecule has 5 rings (SSSR count). The molecule has 3 aromatic rings. The maximum Gasteiger partial charge on any atom is 0.255 e. The van der Waals surface area contributed by atoms with Crippen molar-refractivity contribution in [2.45, 2.75) is 38.0 Å². The molecule has 0 saturated heterocycles. The molecule has 166 valence electrons. The smallest absolute Gasteiger partial charge is 0.255 e. The van der Waals surface area contributed by atoms with E-state index in [0.717, 1.165) is 47.5 Å². The van der Waals surface area contributed by atoms with Gasteiger partial charge in [-0.3, -0.25) is 9.48 Å². The van der Waals surface area contributed by atoms with E-state index in [9.17, 15) is 4.79 Å². The molecule has 1 aromatic carbocycles. The first kappa shape index (κ1) is 20.3. The van der Waals surface area contributed by atoms with Gasteiger partial charge in [-0.2, -0.15) is 5.10 Å². The highest BCUT2D eigenvalue weighted by molar-refractivity contribution is 5.99. The molecule has 3 N–H and O–H groups in total.